The summed E-state index contributed by atoms with van der Waals surface area (Å²) in [5.41, 5.74) is 3.85. The lowest BCUT2D eigenvalue weighted by Crippen LogP contribution is -2.37. The summed E-state index contributed by atoms with van der Waals surface area (Å²) in [6.45, 7) is 5.71. The first kappa shape index (κ1) is 22.3. The molecule has 1 fully saturated rings. The minimum Gasteiger partial charge on any atom is -0.443 e. The molecule has 0 spiro atoms. The fourth-order valence-electron chi connectivity index (χ4n) is 3.85. The van der Waals surface area contributed by atoms with Crippen LogP contribution in [0.4, 0.5) is 10.6 Å². The molecule has 0 bridgehead atoms. The van der Waals surface area contributed by atoms with Gasteiger partial charge in [0.2, 0.25) is 0 Å². The number of benzene rings is 1. The Bertz CT molecular complexity index is 1330. The molecule has 1 aliphatic carbocycles. The number of halogens is 1. The van der Waals surface area contributed by atoms with Crippen LogP contribution >= 0.6 is 11.6 Å². The number of ether oxygens (including phenoxy) is 1. The highest BCUT2D eigenvalue weighted by atomic mass is 35.5. The van der Waals surface area contributed by atoms with Crippen molar-refractivity contribution in [2.24, 2.45) is 0 Å². The number of fused-ring (bicyclic) bond motifs is 1. The summed E-state index contributed by atoms with van der Waals surface area (Å²) in [6, 6.07) is 15.6. The molecule has 1 aromatic carbocycles. The summed E-state index contributed by atoms with van der Waals surface area (Å²) in [5.74, 6) is 0.934. The van der Waals surface area contributed by atoms with Gasteiger partial charge in [0.15, 0.2) is 5.65 Å². The van der Waals surface area contributed by atoms with Crippen LogP contribution in [0.15, 0.2) is 60.9 Å². The number of amides is 1. The Morgan fingerprint density at radius 3 is 2.53 bits per heavy atom. The van der Waals surface area contributed by atoms with E-state index in [0.29, 0.717) is 28.2 Å². The van der Waals surface area contributed by atoms with Gasteiger partial charge in [-0.05, 0) is 51.2 Å². The van der Waals surface area contributed by atoms with Crippen LogP contribution in [-0.2, 0) is 11.3 Å². The molecule has 34 heavy (non-hydrogen) atoms. The zero-order chi connectivity index (χ0) is 23.9. The van der Waals surface area contributed by atoms with Crippen LogP contribution in [0.2, 0.25) is 5.15 Å². The zero-order valence-electron chi connectivity index (χ0n) is 19.4. The van der Waals surface area contributed by atoms with Gasteiger partial charge in [0.05, 0.1) is 18.4 Å². The van der Waals surface area contributed by atoms with Crippen molar-refractivity contribution in [1.29, 1.82) is 0 Å². The van der Waals surface area contributed by atoms with Gasteiger partial charge in [0.25, 0.3) is 0 Å². The number of carbonyl (C=O) groups is 1. The van der Waals surface area contributed by atoms with Gasteiger partial charge in [-0.25, -0.2) is 9.78 Å². The van der Waals surface area contributed by atoms with E-state index in [0.717, 1.165) is 29.5 Å². The van der Waals surface area contributed by atoms with Gasteiger partial charge in [-0.1, -0.05) is 48.0 Å². The fourth-order valence-corrected chi connectivity index (χ4v) is 4.03. The molecule has 3 heterocycles. The molecule has 0 saturated heterocycles. The Morgan fingerprint density at radius 2 is 1.88 bits per heavy atom. The first-order valence-electron chi connectivity index (χ1n) is 11.3. The van der Waals surface area contributed by atoms with Crippen molar-refractivity contribution in [3.63, 3.8) is 0 Å². The molecule has 3 aromatic heterocycles. The second-order valence-corrected chi connectivity index (χ2v) is 9.90. The van der Waals surface area contributed by atoms with E-state index in [2.05, 4.69) is 15.1 Å². The Labute approximate surface area is 203 Å². The summed E-state index contributed by atoms with van der Waals surface area (Å²) in [6.07, 6.45) is 5.34. The Kier molecular flexibility index (Phi) is 5.73. The van der Waals surface area contributed by atoms with Crippen LogP contribution in [0, 0.1) is 0 Å². The van der Waals surface area contributed by atoms with E-state index in [-0.39, 0.29) is 6.54 Å². The number of pyridine rings is 1. The molecule has 174 valence electrons. The fraction of sp³-hybridized carbons (Fsp3) is 0.308. The van der Waals surface area contributed by atoms with Gasteiger partial charge in [-0.15, -0.1) is 0 Å². The zero-order valence-corrected chi connectivity index (χ0v) is 20.2. The average Bonchev–Trinajstić information content (AvgIpc) is 3.56. The van der Waals surface area contributed by atoms with Crippen molar-refractivity contribution in [3.8, 4) is 11.1 Å². The Morgan fingerprint density at radius 1 is 1.12 bits per heavy atom. The molecule has 1 amide bonds. The second-order valence-electron chi connectivity index (χ2n) is 9.52. The number of aromatic nitrogens is 4. The molecule has 0 N–H and O–H groups in total. The number of nitrogens with zero attached hydrogens (tertiary/aromatic N) is 5. The van der Waals surface area contributed by atoms with Gasteiger partial charge in [-0.2, -0.15) is 9.61 Å². The highest BCUT2D eigenvalue weighted by molar-refractivity contribution is 6.29. The highest BCUT2D eigenvalue weighted by Crippen LogP contribution is 2.42. The number of hydrogen-bond donors (Lipinski definition) is 0. The summed E-state index contributed by atoms with van der Waals surface area (Å²) in [5, 5.41) is 4.84. The normalized spacial score (nSPS) is 13.8. The predicted octanol–water partition coefficient (Wildman–Crippen LogP) is 6.26. The number of carbonyl (C=O) groups excluding carboxylic acids is 1. The van der Waals surface area contributed by atoms with Crippen LogP contribution in [0.3, 0.4) is 0 Å². The number of rotatable bonds is 5. The molecule has 0 radical (unpaired) electrons. The van der Waals surface area contributed by atoms with Crippen LogP contribution in [0.25, 0.3) is 16.8 Å². The molecule has 8 heteroatoms. The minimum absolute atomic E-state index is 0.193. The average molecular weight is 476 g/mol. The van der Waals surface area contributed by atoms with Gasteiger partial charge in [0.1, 0.15) is 16.6 Å². The topological polar surface area (TPSA) is 72.6 Å². The molecule has 1 saturated carbocycles. The van der Waals surface area contributed by atoms with Crippen LogP contribution in [-0.4, -0.2) is 31.3 Å². The Balaban J connectivity index is 1.52. The van der Waals surface area contributed by atoms with E-state index >= 15 is 0 Å². The SMILES string of the molecule is CC(C)(C)OC(=O)N(Cc1ccc(-c2ccccc2)cn1)c1cc(Cl)nc2c(C3CC3)cnn12. The van der Waals surface area contributed by atoms with E-state index in [1.54, 1.807) is 10.6 Å². The smallest absolute Gasteiger partial charge is 0.416 e. The van der Waals surface area contributed by atoms with Gasteiger partial charge < -0.3 is 4.74 Å². The van der Waals surface area contributed by atoms with Crippen LogP contribution in [0.5, 0.6) is 0 Å². The molecule has 0 aliphatic heterocycles. The Hall–Kier alpha value is -3.45. The number of hydrogen-bond acceptors (Lipinski definition) is 5. The second kappa shape index (κ2) is 8.72. The van der Waals surface area contributed by atoms with Crippen molar-refractivity contribution in [3.05, 3.63) is 77.3 Å². The molecule has 1 aliphatic rings. The van der Waals surface area contributed by atoms with Crippen LogP contribution < -0.4 is 4.90 Å². The van der Waals surface area contributed by atoms with E-state index in [1.165, 1.54) is 4.90 Å². The van der Waals surface area contributed by atoms with Gasteiger partial charge >= 0.3 is 6.09 Å². The largest absolute Gasteiger partial charge is 0.443 e. The van der Waals surface area contributed by atoms with Crippen molar-refractivity contribution < 1.29 is 9.53 Å². The van der Waals surface area contributed by atoms with Crippen molar-refractivity contribution in [2.45, 2.75) is 51.7 Å². The van der Waals surface area contributed by atoms with E-state index in [9.17, 15) is 4.79 Å². The number of anilines is 1. The quantitative estimate of drug-likeness (QED) is 0.318. The van der Waals surface area contributed by atoms with E-state index in [1.807, 2.05) is 75.6 Å². The van der Waals surface area contributed by atoms with E-state index < -0.39 is 11.7 Å². The third-order valence-corrected chi connectivity index (χ3v) is 5.80. The monoisotopic (exact) mass is 475 g/mol. The molecule has 0 unspecified atom stereocenters. The van der Waals surface area contributed by atoms with Gasteiger partial charge in [0, 0.05) is 23.4 Å². The minimum atomic E-state index is -0.668. The standard InChI is InChI=1S/C26H26ClN5O2/c1-26(2,3)34-25(33)31(16-20-12-11-19(14-28-20)17-7-5-4-6-8-17)23-13-22(27)30-24-21(18-9-10-18)15-29-32(23)24/h4-8,11-15,18H,9-10,16H2,1-3H3. The third-order valence-electron chi connectivity index (χ3n) is 5.61. The van der Waals surface area contributed by atoms with Crippen molar-refractivity contribution in [2.75, 3.05) is 4.90 Å². The molecule has 4 aromatic rings. The predicted molar refractivity (Wildman–Crippen MR) is 132 cm³/mol. The molecule has 5 rings (SSSR count). The van der Waals surface area contributed by atoms with Crippen molar-refractivity contribution >= 4 is 29.2 Å². The first-order chi connectivity index (χ1) is 16.3. The summed E-state index contributed by atoms with van der Waals surface area (Å²) >= 11 is 6.40. The first-order valence-corrected chi connectivity index (χ1v) is 11.7. The molecule has 7 nitrogen and oxygen atoms in total. The lowest BCUT2D eigenvalue weighted by molar-refractivity contribution is 0.0575. The third kappa shape index (κ3) is 4.75. The molecule has 0 atom stereocenters. The molecular weight excluding hydrogens is 450 g/mol. The van der Waals surface area contributed by atoms with Crippen molar-refractivity contribution in [1.82, 2.24) is 19.6 Å². The summed E-state index contributed by atoms with van der Waals surface area (Å²) in [7, 11) is 0. The lowest BCUT2D eigenvalue weighted by Gasteiger charge is -2.27. The van der Waals surface area contributed by atoms with Crippen LogP contribution in [0.1, 0.15) is 50.8 Å². The lowest BCUT2D eigenvalue weighted by atomic mass is 10.1. The maximum Gasteiger partial charge on any atom is 0.416 e. The maximum absolute atomic E-state index is 13.3. The van der Waals surface area contributed by atoms with Gasteiger partial charge in [-0.3, -0.25) is 9.88 Å². The summed E-state index contributed by atoms with van der Waals surface area (Å²) < 4.78 is 7.40. The maximum atomic E-state index is 13.3. The van der Waals surface area contributed by atoms with E-state index in [4.69, 9.17) is 16.3 Å². The molecular formula is C26H26ClN5O2. The highest BCUT2D eigenvalue weighted by Gasteiger charge is 2.31. The summed E-state index contributed by atoms with van der Waals surface area (Å²) in [4.78, 5) is 24.0.